The Morgan fingerprint density at radius 3 is 2.45 bits per heavy atom. The summed E-state index contributed by atoms with van der Waals surface area (Å²) in [5, 5.41) is 3.95. The number of rotatable bonds is 3. The molecule has 0 bridgehead atoms. The molecule has 1 aliphatic heterocycles. The minimum absolute atomic E-state index is 0.139. The minimum atomic E-state index is -3.67. The van der Waals surface area contributed by atoms with Crippen LogP contribution in [0.15, 0.2) is 0 Å². The molecule has 3 nitrogen and oxygen atoms in total. The third-order valence-corrected chi connectivity index (χ3v) is 2.25. The van der Waals surface area contributed by atoms with Gasteiger partial charge in [0.15, 0.2) is 0 Å². The average Bonchev–Trinajstić information content (AvgIpc) is 1.79. The first kappa shape index (κ1) is 8.73. The molecule has 0 atom stereocenters. The van der Waals surface area contributed by atoms with Gasteiger partial charge >= 0.3 is 11.2 Å². The lowest BCUT2D eigenvalue weighted by Gasteiger charge is -2.27. The maximum absolute atomic E-state index is 12.3. The van der Waals surface area contributed by atoms with Crippen LogP contribution >= 0.6 is 11.8 Å². The number of thioether (sulfide) groups is 1. The number of aliphatic carboxylic acids is 1. The molecule has 0 aromatic rings. The number of carboxylic acid groups (broad SMARTS) is 1. The highest BCUT2D eigenvalue weighted by molar-refractivity contribution is 8.01. The number of carboxylic acids is 1. The molecule has 0 radical (unpaired) electrons. The van der Waals surface area contributed by atoms with Gasteiger partial charge in [0.1, 0.15) is 0 Å². The van der Waals surface area contributed by atoms with E-state index in [1.54, 1.807) is 0 Å². The Morgan fingerprint density at radius 2 is 2.18 bits per heavy atom. The van der Waals surface area contributed by atoms with Crippen LogP contribution in [0.1, 0.15) is 0 Å². The predicted octanol–water partition coefficient (Wildman–Crippen LogP) is 0.796. The van der Waals surface area contributed by atoms with Crippen molar-refractivity contribution >= 4 is 17.7 Å². The third kappa shape index (κ3) is 2.03. The molecule has 1 aliphatic rings. The Labute approximate surface area is 65.7 Å². The number of halogens is 2. The van der Waals surface area contributed by atoms with Gasteiger partial charge in [-0.2, -0.15) is 8.78 Å². The van der Waals surface area contributed by atoms with Crippen LogP contribution < -0.4 is 0 Å². The molecule has 0 aromatic carbocycles. The second kappa shape index (κ2) is 2.94. The molecule has 0 spiro atoms. The maximum Gasteiger partial charge on any atom is 0.389 e. The molecule has 0 aliphatic carbocycles. The van der Waals surface area contributed by atoms with E-state index in [1.807, 2.05) is 0 Å². The molecule has 1 saturated heterocycles. The van der Waals surface area contributed by atoms with Crippen molar-refractivity contribution in [3.8, 4) is 0 Å². The van der Waals surface area contributed by atoms with Gasteiger partial charge in [0, 0.05) is 0 Å². The van der Waals surface area contributed by atoms with Crippen molar-refractivity contribution in [2.24, 2.45) is 0 Å². The number of carbonyl (C=O) groups is 1. The maximum atomic E-state index is 12.3. The van der Waals surface area contributed by atoms with Gasteiger partial charge in [0.2, 0.25) is 0 Å². The van der Waals surface area contributed by atoms with Gasteiger partial charge in [-0.05, 0) is 0 Å². The molecule has 0 aromatic heterocycles. The van der Waals surface area contributed by atoms with Crippen LogP contribution in [0.25, 0.3) is 0 Å². The third-order valence-electron chi connectivity index (χ3n) is 1.17. The van der Waals surface area contributed by atoms with Gasteiger partial charge in [0.05, 0.1) is 18.5 Å². The first-order chi connectivity index (χ1) is 5.02. The standard InChI is InChI=1S/C5H6F2O3S/c6-5(7,4(8)9)11-3-1-10-2-3/h3H,1-2H2,(H,8,9). The predicted molar refractivity (Wildman–Crippen MR) is 34.8 cm³/mol. The monoisotopic (exact) mass is 184 g/mol. The van der Waals surface area contributed by atoms with E-state index in [2.05, 4.69) is 4.74 Å². The highest BCUT2D eigenvalue weighted by Gasteiger charge is 2.43. The number of hydrogen-bond donors (Lipinski definition) is 1. The second-order valence-electron chi connectivity index (χ2n) is 2.10. The molecule has 1 heterocycles. The molecule has 0 amide bonds. The zero-order valence-corrected chi connectivity index (χ0v) is 6.24. The van der Waals surface area contributed by atoms with Gasteiger partial charge in [-0.15, -0.1) is 0 Å². The second-order valence-corrected chi connectivity index (χ2v) is 3.51. The Kier molecular flexibility index (Phi) is 2.34. The fraction of sp³-hybridized carbons (Fsp3) is 0.800. The summed E-state index contributed by atoms with van der Waals surface area (Å²) in [5.74, 6) is -2.09. The zero-order chi connectivity index (χ0) is 8.48. The fourth-order valence-electron chi connectivity index (χ4n) is 0.542. The molecule has 0 saturated carbocycles. The van der Waals surface area contributed by atoms with E-state index in [9.17, 15) is 13.6 Å². The smallest absolute Gasteiger partial charge is 0.389 e. The molecule has 64 valence electrons. The van der Waals surface area contributed by atoms with E-state index >= 15 is 0 Å². The molecule has 6 heteroatoms. The van der Waals surface area contributed by atoms with Crippen LogP contribution in [0.3, 0.4) is 0 Å². The summed E-state index contributed by atoms with van der Waals surface area (Å²) >= 11 is 0.139. The number of hydrogen-bond acceptors (Lipinski definition) is 3. The number of ether oxygens (including phenoxy) is 1. The Bertz CT molecular complexity index is 169. The zero-order valence-electron chi connectivity index (χ0n) is 5.42. The summed E-state index contributed by atoms with van der Waals surface area (Å²) < 4.78 is 29.3. The van der Waals surface area contributed by atoms with Crippen molar-refractivity contribution in [2.45, 2.75) is 10.5 Å². The van der Waals surface area contributed by atoms with Crippen molar-refractivity contribution in [2.75, 3.05) is 13.2 Å². The molecule has 11 heavy (non-hydrogen) atoms. The quantitative estimate of drug-likeness (QED) is 0.704. The average molecular weight is 184 g/mol. The van der Waals surface area contributed by atoms with Crippen molar-refractivity contribution in [1.82, 2.24) is 0 Å². The Hall–Kier alpha value is -0.360. The molecule has 1 N–H and O–H groups in total. The lowest BCUT2D eigenvalue weighted by atomic mass is 10.4. The van der Waals surface area contributed by atoms with E-state index in [4.69, 9.17) is 5.11 Å². The van der Waals surface area contributed by atoms with Crippen LogP contribution in [0.4, 0.5) is 8.78 Å². The van der Waals surface area contributed by atoms with Crippen molar-refractivity contribution in [1.29, 1.82) is 0 Å². The van der Waals surface area contributed by atoms with Gasteiger partial charge in [-0.25, -0.2) is 4.79 Å². The molecule has 1 fully saturated rings. The lowest BCUT2D eigenvalue weighted by Crippen LogP contribution is -2.37. The van der Waals surface area contributed by atoms with Crippen LogP contribution in [-0.4, -0.2) is 34.8 Å². The SMILES string of the molecule is O=C(O)C(F)(F)SC1COC1. The van der Waals surface area contributed by atoms with Crippen molar-refractivity contribution < 1.29 is 23.4 Å². The highest BCUT2D eigenvalue weighted by Crippen LogP contribution is 2.35. The topological polar surface area (TPSA) is 46.5 Å². The normalized spacial score (nSPS) is 19.5. The summed E-state index contributed by atoms with van der Waals surface area (Å²) in [7, 11) is 0. The molecular weight excluding hydrogens is 178 g/mol. The summed E-state index contributed by atoms with van der Waals surface area (Å²) in [6.07, 6.45) is 0. The van der Waals surface area contributed by atoms with E-state index in [-0.39, 0.29) is 30.2 Å². The van der Waals surface area contributed by atoms with E-state index < -0.39 is 11.2 Å². The number of alkyl halides is 2. The molecule has 1 rings (SSSR count). The van der Waals surface area contributed by atoms with E-state index in [0.29, 0.717) is 0 Å². The summed E-state index contributed by atoms with van der Waals surface area (Å²) in [6, 6.07) is 0. The Morgan fingerprint density at radius 1 is 1.64 bits per heavy atom. The van der Waals surface area contributed by atoms with Crippen molar-refractivity contribution in [3.63, 3.8) is 0 Å². The largest absolute Gasteiger partial charge is 0.476 e. The summed E-state index contributed by atoms with van der Waals surface area (Å²) in [4.78, 5) is 9.88. The minimum Gasteiger partial charge on any atom is -0.476 e. The van der Waals surface area contributed by atoms with Crippen LogP contribution in [-0.2, 0) is 9.53 Å². The molecular formula is C5H6F2O3S. The van der Waals surface area contributed by atoms with E-state index in [0.717, 1.165) is 0 Å². The first-order valence-corrected chi connectivity index (χ1v) is 3.77. The van der Waals surface area contributed by atoms with Crippen LogP contribution in [0, 0.1) is 0 Å². The Balaban J connectivity index is 2.38. The summed E-state index contributed by atoms with van der Waals surface area (Å²) in [6.45, 7) is 0.432. The first-order valence-electron chi connectivity index (χ1n) is 2.89. The van der Waals surface area contributed by atoms with Crippen LogP contribution in [0.2, 0.25) is 0 Å². The lowest BCUT2D eigenvalue weighted by molar-refractivity contribution is -0.153. The van der Waals surface area contributed by atoms with Gasteiger partial charge in [-0.1, -0.05) is 11.8 Å². The van der Waals surface area contributed by atoms with Crippen molar-refractivity contribution in [3.05, 3.63) is 0 Å². The van der Waals surface area contributed by atoms with Crippen LogP contribution in [0.5, 0.6) is 0 Å². The van der Waals surface area contributed by atoms with Gasteiger partial charge in [-0.3, -0.25) is 0 Å². The van der Waals surface area contributed by atoms with Gasteiger partial charge < -0.3 is 9.84 Å². The fourth-order valence-corrected chi connectivity index (χ4v) is 1.39. The molecule has 0 unspecified atom stereocenters. The van der Waals surface area contributed by atoms with E-state index in [1.165, 1.54) is 0 Å². The summed E-state index contributed by atoms with van der Waals surface area (Å²) in [5.41, 5.74) is 0. The van der Waals surface area contributed by atoms with Gasteiger partial charge in [0.25, 0.3) is 0 Å². The highest BCUT2D eigenvalue weighted by atomic mass is 32.2.